The lowest BCUT2D eigenvalue weighted by atomic mass is 10.3. The first-order valence-electron chi connectivity index (χ1n) is 5.37. The third-order valence-electron chi connectivity index (χ3n) is 2.51. The molecule has 0 radical (unpaired) electrons. The summed E-state index contributed by atoms with van der Waals surface area (Å²) in [6.45, 7) is 2.00. The normalized spacial score (nSPS) is 10.6. The van der Waals surface area contributed by atoms with Crippen molar-refractivity contribution in [3.8, 4) is 5.88 Å². The molecule has 0 atom stereocenters. The van der Waals surface area contributed by atoms with Crippen LogP contribution in [0.3, 0.4) is 0 Å². The van der Waals surface area contributed by atoms with Crippen LogP contribution in [0.15, 0.2) is 48.8 Å². The minimum atomic E-state index is 0.541. The van der Waals surface area contributed by atoms with Gasteiger partial charge in [-0.15, -0.1) is 5.10 Å². The van der Waals surface area contributed by atoms with Crippen molar-refractivity contribution < 1.29 is 4.84 Å². The molecule has 0 aliphatic carbocycles. The van der Waals surface area contributed by atoms with Gasteiger partial charge in [0, 0.05) is 17.6 Å². The monoisotopic (exact) mass is 225 g/mol. The second-order valence-electron chi connectivity index (χ2n) is 3.84. The fourth-order valence-corrected chi connectivity index (χ4v) is 1.67. The molecule has 2 aromatic heterocycles. The van der Waals surface area contributed by atoms with Gasteiger partial charge in [0.25, 0.3) is 0 Å². The van der Waals surface area contributed by atoms with E-state index in [1.165, 1.54) is 4.85 Å². The lowest BCUT2D eigenvalue weighted by Gasteiger charge is -2.04. The Bertz CT molecular complexity index is 660. The maximum Gasteiger partial charge on any atom is 0.248 e. The fraction of sp³-hybridized carbons (Fsp3) is 0.0769. The first kappa shape index (κ1) is 9.84. The van der Waals surface area contributed by atoms with Crippen LogP contribution >= 0.6 is 0 Å². The van der Waals surface area contributed by atoms with Crippen molar-refractivity contribution in [1.29, 1.82) is 0 Å². The van der Waals surface area contributed by atoms with Gasteiger partial charge in [0.05, 0.1) is 6.20 Å². The quantitative estimate of drug-likeness (QED) is 0.673. The Morgan fingerprint density at radius 1 is 1.18 bits per heavy atom. The maximum atomic E-state index is 5.61. The molecule has 0 aliphatic rings. The smallest absolute Gasteiger partial charge is 0.248 e. The summed E-state index contributed by atoms with van der Waals surface area (Å²) in [4.78, 5) is 11.2. The zero-order valence-corrected chi connectivity index (χ0v) is 9.37. The maximum absolute atomic E-state index is 5.61. The number of rotatable bonds is 2. The topological polar surface area (TPSA) is 39.9 Å². The molecule has 3 rings (SSSR count). The molecule has 0 bridgehead atoms. The van der Waals surface area contributed by atoms with E-state index in [0.29, 0.717) is 5.88 Å². The first-order valence-corrected chi connectivity index (χ1v) is 5.37. The Labute approximate surface area is 98.4 Å². The molecule has 0 amide bonds. The molecule has 0 N–H and O–H groups in total. The number of hydrogen-bond donors (Lipinski definition) is 0. The second-order valence-corrected chi connectivity index (χ2v) is 3.84. The highest BCUT2D eigenvalue weighted by molar-refractivity contribution is 5.77. The van der Waals surface area contributed by atoms with E-state index in [-0.39, 0.29) is 0 Å². The van der Waals surface area contributed by atoms with Crippen LogP contribution in [-0.4, -0.2) is 14.9 Å². The van der Waals surface area contributed by atoms with E-state index in [4.69, 9.17) is 4.84 Å². The largest absolute Gasteiger partial charge is 0.337 e. The van der Waals surface area contributed by atoms with E-state index >= 15 is 0 Å². The van der Waals surface area contributed by atoms with Crippen LogP contribution in [0.4, 0.5) is 0 Å². The number of benzene rings is 1. The van der Waals surface area contributed by atoms with Crippen molar-refractivity contribution in [2.45, 2.75) is 6.92 Å². The van der Waals surface area contributed by atoms with Gasteiger partial charge in [0.15, 0.2) is 0 Å². The molecule has 0 saturated heterocycles. The highest BCUT2D eigenvalue weighted by Gasteiger charge is 2.04. The van der Waals surface area contributed by atoms with Gasteiger partial charge in [0.1, 0.15) is 5.52 Å². The van der Waals surface area contributed by atoms with Crippen molar-refractivity contribution in [1.82, 2.24) is 14.9 Å². The molecular formula is C13H11N3O. The number of para-hydroxylation sites is 1. The van der Waals surface area contributed by atoms with Gasteiger partial charge in [-0.3, -0.25) is 0 Å². The number of aryl methyl sites for hydroxylation is 1. The molecule has 3 aromatic rings. The van der Waals surface area contributed by atoms with E-state index in [1.807, 2.05) is 43.3 Å². The summed E-state index contributed by atoms with van der Waals surface area (Å²) in [5.74, 6) is 0.541. The summed E-state index contributed by atoms with van der Waals surface area (Å²) in [5.41, 5.74) is 2.03. The summed E-state index contributed by atoms with van der Waals surface area (Å²) in [6, 6.07) is 11.7. The average Bonchev–Trinajstić information content (AvgIpc) is 2.73. The van der Waals surface area contributed by atoms with E-state index in [0.717, 1.165) is 16.5 Å². The van der Waals surface area contributed by atoms with Crippen molar-refractivity contribution in [2.24, 2.45) is 0 Å². The minimum absolute atomic E-state index is 0.541. The van der Waals surface area contributed by atoms with Gasteiger partial charge >= 0.3 is 0 Å². The molecule has 17 heavy (non-hydrogen) atoms. The Kier molecular flexibility index (Phi) is 2.26. The third-order valence-corrected chi connectivity index (χ3v) is 2.51. The van der Waals surface area contributed by atoms with Crippen molar-refractivity contribution in [3.05, 3.63) is 54.4 Å². The number of nitrogens with zero attached hydrogens (tertiary/aromatic N) is 3. The summed E-state index contributed by atoms with van der Waals surface area (Å²) in [5, 5.41) is 5.22. The Hall–Kier alpha value is -2.36. The predicted octanol–water partition coefficient (Wildman–Crippen LogP) is 2.58. The van der Waals surface area contributed by atoms with Gasteiger partial charge < -0.3 is 4.84 Å². The molecule has 4 nitrogen and oxygen atoms in total. The van der Waals surface area contributed by atoms with Crippen LogP contribution < -0.4 is 4.84 Å². The Balaban J connectivity index is 2.00. The molecule has 4 heteroatoms. The zero-order chi connectivity index (χ0) is 11.7. The lowest BCUT2D eigenvalue weighted by molar-refractivity contribution is 0.182. The van der Waals surface area contributed by atoms with Gasteiger partial charge in [-0.05, 0) is 24.6 Å². The molecule has 0 fully saturated rings. The van der Waals surface area contributed by atoms with Gasteiger partial charge in [-0.2, -0.15) is 0 Å². The molecule has 0 spiro atoms. The van der Waals surface area contributed by atoms with Crippen LogP contribution in [0.1, 0.15) is 5.56 Å². The average molecular weight is 225 g/mol. The molecule has 0 unspecified atom stereocenters. The van der Waals surface area contributed by atoms with E-state index < -0.39 is 0 Å². The highest BCUT2D eigenvalue weighted by Crippen LogP contribution is 2.15. The van der Waals surface area contributed by atoms with Crippen LogP contribution in [0.25, 0.3) is 10.9 Å². The standard InChI is InChI=1S/C13H11N3O/c1-10-6-7-14-13(8-10)17-16-12-5-3-2-4-11(12)9-15-16/h2-9H,1H3. The van der Waals surface area contributed by atoms with Gasteiger partial charge in [-0.1, -0.05) is 23.0 Å². The number of pyridine rings is 1. The highest BCUT2D eigenvalue weighted by atomic mass is 16.7. The zero-order valence-electron chi connectivity index (χ0n) is 9.37. The molecule has 1 aromatic carbocycles. The second kappa shape index (κ2) is 3.90. The number of aromatic nitrogens is 3. The third kappa shape index (κ3) is 1.85. The van der Waals surface area contributed by atoms with E-state index in [1.54, 1.807) is 12.4 Å². The van der Waals surface area contributed by atoms with Crippen molar-refractivity contribution in [3.63, 3.8) is 0 Å². The summed E-state index contributed by atoms with van der Waals surface area (Å²) < 4.78 is 0. The van der Waals surface area contributed by atoms with Gasteiger partial charge in [0.2, 0.25) is 5.88 Å². The van der Waals surface area contributed by atoms with Crippen LogP contribution in [-0.2, 0) is 0 Å². The summed E-state index contributed by atoms with van der Waals surface area (Å²) in [6.07, 6.45) is 3.49. The summed E-state index contributed by atoms with van der Waals surface area (Å²) >= 11 is 0. The predicted molar refractivity (Wildman–Crippen MR) is 64.7 cm³/mol. The number of hydrogen-bond acceptors (Lipinski definition) is 3. The Morgan fingerprint density at radius 2 is 2.06 bits per heavy atom. The molecular weight excluding hydrogens is 214 g/mol. The Morgan fingerprint density at radius 3 is 2.94 bits per heavy atom. The molecule has 0 aliphatic heterocycles. The first-order chi connectivity index (χ1) is 8.33. The summed E-state index contributed by atoms with van der Waals surface area (Å²) in [7, 11) is 0. The van der Waals surface area contributed by atoms with Crippen molar-refractivity contribution >= 4 is 10.9 Å². The van der Waals surface area contributed by atoms with Crippen LogP contribution in [0, 0.1) is 6.92 Å². The number of fused-ring (bicyclic) bond motifs is 1. The SMILES string of the molecule is Cc1ccnc(On2ncc3ccccc32)c1. The molecule has 84 valence electrons. The van der Waals surface area contributed by atoms with Gasteiger partial charge in [-0.25, -0.2) is 4.98 Å². The fourth-order valence-electron chi connectivity index (χ4n) is 1.67. The molecule has 0 saturated carbocycles. The van der Waals surface area contributed by atoms with E-state index in [2.05, 4.69) is 10.1 Å². The van der Waals surface area contributed by atoms with Crippen LogP contribution in [0.5, 0.6) is 5.88 Å². The lowest BCUT2D eigenvalue weighted by Crippen LogP contribution is -2.07. The molecule has 2 heterocycles. The van der Waals surface area contributed by atoms with Crippen LogP contribution in [0.2, 0.25) is 0 Å². The minimum Gasteiger partial charge on any atom is -0.337 e. The van der Waals surface area contributed by atoms with Crippen molar-refractivity contribution in [2.75, 3.05) is 0 Å². The van der Waals surface area contributed by atoms with E-state index in [9.17, 15) is 0 Å².